The van der Waals surface area contributed by atoms with Gasteiger partial charge in [0, 0.05) is 23.6 Å². The highest BCUT2D eigenvalue weighted by Crippen LogP contribution is 2.48. The molecule has 25 heavy (non-hydrogen) atoms. The first-order chi connectivity index (χ1) is 11.9. The van der Waals surface area contributed by atoms with Gasteiger partial charge >= 0.3 is 0 Å². The van der Waals surface area contributed by atoms with Crippen molar-refractivity contribution in [2.45, 2.75) is 25.0 Å². The lowest BCUT2D eigenvalue weighted by Gasteiger charge is -2.40. The highest BCUT2D eigenvalue weighted by Gasteiger charge is 2.52. The molecule has 1 aliphatic rings. The Kier molecular flexibility index (Phi) is 4.92. The number of fused-ring (bicyclic) bond motifs is 1. The van der Waals surface area contributed by atoms with Crippen LogP contribution in [0, 0.1) is 0 Å². The van der Waals surface area contributed by atoms with E-state index in [0.29, 0.717) is 34.1 Å². The predicted molar refractivity (Wildman–Crippen MR) is 101 cm³/mol. The standard InChI is InChI=1S/C20H19Cl2NO2/c1-3-7-15(13-10-11-17(21)18(22)12-13)20(25)16-9-6-5-8-14(16)19(24)23(20)4-2/h3,5-6,8-12,15,25H,1,4,7H2,2H3. The lowest BCUT2D eigenvalue weighted by atomic mass is 9.81. The van der Waals surface area contributed by atoms with Crippen LogP contribution >= 0.6 is 23.2 Å². The lowest BCUT2D eigenvalue weighted by Crippen LogP contribution is -2.48. The Balaban J connectivity index is 2.21. The summed E-state index contributed by atoms with van der Waals surface area (Å²) in [5.41, 5.74) is 0.480. The molecule has 130 valence electrons. The Labute approximate surface area is 157 Å². The number of benzene rings is 2. The smallest absolute Gasteiger partial charge is 0.256 e. The predicted octanol–water partition coefficient (Wildman–Crippen LogP) is 4.97. The first-order valence-electron chi connectivity index (χ1n) is 8.14. The fraction of sp³-hybridized carbons (Fsp3) is 0.250. The summed E-state index contributed by atoms with van der Waals surface area (Å²) < 4.78 is 0. The summed E-state index contributed by atoms with van der Waals surface area (Å²) in [5.74, 6) is -0.581. The van der Waals surface area contributed by atoms with Crippen molar-refractivity contribution in [3.05, 3.63) is 81.9 Å². The van der Waals surface area contributed by atoms with E-state index in [0.717, 1.165) is 5.56 Å². The van der Waals surface area contributed by atoms with Crippen molar-refractivity contribution in [3.8, 4) is 0 Å². The number of halogens is 2. The van der Waals surface area contributed by atoms with Crippen LogP contribution in [0.1, 0.15) is 40.7 Å². The third-order valence-electron chi connectivity index (χ3n) is 4.76. The number of hydrogen-bond acceptors (Lipinski definition) is 2. The SMILES string of the molecule is C=CCC(c1ccc(Cl)c(Cl)c1)C1(O)c2ccccc2C(=O)N1CC. The molecule has 2 aromatic carbocycles. The summed E-state index contributed by atoms with van der Waals surface area (Å²) in [4.78, 5) is 14.3. The number of nitrogens with zero attached hydrogens (tertiary/aromatic N) is 1. The molecule has 1 amide bonds. The minimum absolute atomic E-state index is 0.172. The van der Waals surface area contributed by atoms with Crippen molar-refractivity contribution < 1.29 is 9.90 Å². The highest BCUT2D eigenvalue weighted by molar-refractivity contribution is 6.42. The molecule has 0 radical (unpaired) electrons. The summed E-state index contributed by atoms with van der Waals surface area (Å²) in [5, 5.41) is 12.6. The van der Waals surface area contributed by atoms with E-state index >= 15 is 0 Å². The maximum absolute atomic E-state index is 12.8. The van der Waals surface area contributed by atoms with Crippen LogP contribution in [0.15, 0.2) is 55.1 Å². The Morgan fingerprint density at radius 3 is 2.60 bits per heavy atom. The Bertz CT molecular complexity index is 836. The molecule has 3 rings (SSSR count). The second kappa shape index (κ2) is 6.83. The van der Waals surface area contributed by atoms with E-state index in [9.17, 15) is 9.90 Å². The fourth-order valence-electron chi connectivity index (χ4n) is 3.63. The van der Waals surface area contributed by atoms with Crippen LogP contribution in [-0.4, -0.2) is 22.5 Å². The minimum Gasteiger partial charge on any atom is -0.366 e. The van der Waals surface area contributed by atoms with Crippen LogP contribution in [0.4, 0.5) is 0 Å². The van der Waals surface area contributed by atoms with Crippen molar-refractivity contribution in [3.63, 3.8) is 0 Å². The molecule has 3 nitrogen and oxygen atoms in total. The molecule has 2 atom stereocenters. The van der Waals surface area contributed by atoms with Crippen molar-refractivity contribution in [1.82, 2.24) is 4.90 Å². The molecule has 0 spiro atoms. The largest absolute Gasteiger partial charge is 0.366 e. The summed E-state index contributed by atoms with van der Waals surface area (Å²) in [6.45, 7) is 6.06. The molecule has 0 bridgehead atoms. The van der Waals surface area contributed by atoms with Gasteiger partial charge in [-0.05, 0) is 37.1 Å². The number of carbonyl (C=O) groups excluding carboxylic acids is 1. The quantitative estimate of drug-likeness (QED) is 0.749. The van der Waals surface area contributed by atoms with Gasteiger partial charge in [0.1, 0.15) is 0 Å². The molecule has 2 aromatic rings. The molecule has 0 aliphatic carbocycles. The van der Waals surface area contributed by atoms with Crippen LogP contribution in [0.2, 0.25) is 10.0 Å². The van der Waals surface area contributed by atoms with E-state index in [1.54, 1.807) is 36.4 Å². The van der Waals surface area contributed by atoms with E-state index in [1.807, 2.05) is 19.1 Å². The molecule has 1 heterocycles. The van der Waals surface area contributed by atoms with Crippen molar-refractivity contribution in [1.29, 1.82) is 0 Å². The normalized spacial score (nSPS) is 20.5. The van der Waals surface area contributed by atoms with Gasteiger partial charge in [0.25, 0.3) is 5.91 Å². The molecule has 1 N–H and O–H groups in total. The monoisotopic (exact) mass is 375 g/mol. The van der Waals surface area contributed by atoms with Crippen LogP contribution < -0.4 is 0 Å². The average molecular weight is 376 g/mol. The molecule has 0 fully saturated rings. The van der Waals surface area contributed by atoms with E-state index in [-0.39, 0.29) is 5.91 Å². The summed E-state index contributed by atoms with van der Waals surface area (Å²) in [7, 11) is 0. The summed E-state index contributed by atoms with van der Waals surface area (Å²) in [6, 6.07) is 12.5. The van der Waals surface area contributed by atoms with E-state index < -0.39 is 11.6 Å². The maximum atomic E-state index is 12.8. The molecular formula is C20H19Cl2NO2. The van der Waals surface area contributed by atoms with Gasteiger partial charge in [-0.2, -0.15) is 0 Å². The molecule has 1 aliphatic heterocycles. The topological polar surface area (TPSA) is 40.5 Å². The molecule has 2 unspecified atom stereocenters. The van der Waals surface area contributed by atoms with Crippen LogP contribution in [0.3, 0.4) is 0 Å². The zero-order valence-electron chi connectivity index (χ0n) is 13.9. The Morgan fingerprint density at radius 2 is 1.96 bits per heavy atom. The van der Waals surface area contributed by atoms with E-state index in [1.165, 1.54) is 4.90 Å². The van der Waals surface area contributed by atoms with Gasteiger partial charge in [0.05, 0.1) is 10.0 Å². The lowest BCUT2D eigenvalue weighted by molar-refractivity contribution is -0.103. The van der Waals surface area contributed by atoms with E-state index in [4.69, 9.17) is 23.2 Å². The first-order valence-corrected chi connectivity index (χ1v) is 8.90. The van der Waals surface area contributed by atoms with Gasteiger partial charge in [-0.1, -0.05) is 53.5 Å². The van der Waals surface area contributed by atoms with Gasteiger partial charge in [-0.3, -0.25) is 4.79 Å². The molecular weight excluding hydrogens is 357 g/mol. The maximum Gasteiger partial charge on any atom is 0.256 e. The Morgan fingerprint density at radius 1 is 1.24 bits per heavy atom. The average Bonchev–Trinajstić information content (AvgIpc) is 2.83. The van der Waals surface area contributed by atoms with Crippen molar-refractivity contribution >= 4 is 29.1 Å². The molecule has 0 saturated heterocycles. The third kappa shape index (κ3) is 2.77. The van der Waals surface area contributed by atoms with Gasteiger partial charge in [-0.25, -0.2) is 0 Å². The number of aliphatic hydroxyl groups is 1. The number of amides is 1. The van der Waals surface area contributed by atoms with Crippen LogP contribution in [0.25, 0.3) is 0 Å². The molecule has 0 saturated carbocycles. The second-order valence-corrected chi connectivity index (χ2v) is 6.89. The minimum atomic E-state index is -1.46. The van der Waals surface area contributed by atoms with Gasteiger partial charge in [0.2, 0.25) is 0 Å². The Hall–Kier alpha value is -1.81. The van der Waals surface area contributed by atoms with Crippen molar-refractivity contribution in [2.24, 2.45) is 0 Å². The zero-order chi connectivity index (χ0) is 18.2. The number of hydrogen-bond donors (Lipinski definition) is 1. The summed E-state index contributed by atoms with van der Waals surface area (Å²) in [6.07, 6.45) is 2.22. The number of carbonyl (C=O) groups is 1. The molecule has 5 heteroatoms. The number of likely N-dealkylation sites (N-methyl/N-ethyl adjacent to an activating group) is 1. The number of rotatable bonds is 5. The van der Waals surface area contributed by atoms with Crippen molar-refractivity contribution in [2.75, 3.05) is 6.54 Å². The van der Waals surface area contributed by atoms with E-state index in [2.05, 4.69) is 6.58 Å². The van der Waals surface area contributed by atoms with Crippen LogP contribution in [-0.2, 0) is 5.72 Å². The fourth-order valence-corrected chi connectivity index (χ4v) is 3.93. The van der Waals surface area contributed by atoms with Gasteiger partial charge in [-0.15, -0.1) is 6.58 Å². The first kappa shape index (κ1) is 18.0. The highest BCUT2D eigenvalue weighted by atomic mass is 35.5. The van der Waals surface area contributed by atoms with Gasteiger partial charge in [0.15, 0.2) is 5.72 Å². The second-order valence-electron chi connectivity index (χ2n) is 6.07. The molecule has 0 aromatic heterocycles. The van der Waals surface area contributed by atoms with Gasteiger partial charge < -0.3 is 10.0 Å². The number of allylic oxidation sites excluding steroid dienone is 1. The third-order valence-corrected chi connectivity index (χ3v) is 5.50. The zero-order valence-corrected chi connectivity index (χ0v) is 15.4. The van der Waals surface area contributed by atoms with Crippen LogP contribution in [0.5, 0.6) is 0 Å². The summed E-state index contributed by atoms with van der Waals surface area (Å²) >= 11 is 12.2.